The molecule has 0 aliphatic carbocycles. The summed E-state index contributed by atoms with van der Waals surface area (Å²) in [4.78, 5) is 4.51. The van der Waals surface area contributed by atoms with Gasteiger partial charge in [-0.25, -0.2) is 0 Å². The van der Waals surface area contributed by atoms with Crippen molar-refractivity contribution in [1.29, 1.82) is 0 Å². The Labute approximate surface area is 174 Å². The number of halogens is 2. The van der Waals surface area contributed by atoms with E-state index in [9.17, 15) is 0 Å². The van der Waals surface area contributed by atoms with Crippen LogP contribution in [0.15, 0.2) is 40.9 Å². The summed E-state index contributed by atoms with van der Waals surface area (Å²) in [6.07, 6.45) is 0.0500. The van der Waals surface area contributed by atoms with Crippen molar-refractivity contribution in [3.8, 4) is 34.3 Å². The van der Waals surface area contributed by atoms with Crippen LogP contribution in [0.25, 0.3) is 22.8 Å². The Kier molecular flexibility index (Phi) is 6.44. The second-order valence-electron chi connectivity index (χ2n) is 6.58. The van der Waals surface area contributed by atoms with Crippen LogP contribution in [-0.4, -0.2) is 29.4 Å². The van der Waals surface area contributed by atoms with Gasteiger partial charge in [-0.15, -0.1) is 12.4 Å². The van der Waals surface area contributed by atoms with Gasteiger partial charge in [0.05, 0.1) is 11.1 Å². The average Bonchev–Trinajstić information content (AvgIpc) is 3.02. The number of rotatable bonds is 4. The number of aromatic nitrogens is 2. The monoisotopic (exact) mass is 421 g/mol. The van der Waals surface area contributed by atoms with Crippen molar-refractivity contribution < 1.29 is 14.0 Å². The molecule has 1 aliphatic heterocycles. The molecule has 8 heteroatoms. The molecule has 28 heavy (non-hydrogen) atoms. The molecule has 1 aliphatic rings. The van der Waals surface area contributed by atoms with E-state index < -0.39 is 0 Å². The molecule has 0 saturated heterocycles. The molecule has 0 bridgehead atoms. The maximum atomic E-state index is 6.30. The van der Waals surface area contributed by atoms with Gasteiger partial charge in [-0.2, -0.15) is 4.98 Å². The maximum absolute atomic E-state index is 6.30. The minimum Gasteiger partial charge on any atom is -0.492 e. The first-order chi connectivity index (χ1) is 13.1. The molecule has 0 atom stereocenters. The third kappa shape index (κ3) is 4.41. The predicted molar refractivity (Wildman–Crippen MR) is 110 cm³/mol. The van der Waals surface area contributed by atoms with Crippen molar-refractivity contribution in [2.45, 2.75) is 26.5 Å². The third-order valence-electron chi connectivity index (χ3n) is 4.14. The van der Waals surface area contributed by atoms with Crippen molar-refractivity contribution in [1.82, 2.24) is 15.5 Å². The summed E-state index contributed by atoms with van der Waals surface area (Å²) in [6.45, 7) is 6.16. The zero-order chi connectivity index (χ0) is 18.8. The molecular weight excluding hydrogens is 401 g/mol. The van der Waals surface area contributed by atoms with Crippen LogP contribution in [0.5, 0.6) is 11.5 Å². The zero-order valence-corrected chi connectivity index (χ0v) is 17.1. The lowest BCUT2D eigenvalue weighted by Gasteiger charge is -2.11. The fourth-order valence-corrected chi connectivity index (χ4v) is 3.10. The van der Waals surface area contributed by atoms with E-state index in [-0.39, 0.29) is 18.5 Å². The number of nitrogens with one attached hydrogen (secondary N) is 1. The van der Waals surface area contributed by atoms with Crippen molar-refractivity contribution in [2.75, 3.05) is 13.2 Å². The zero-order valence-electron chi connectivity index (χ0n) is 15.6. The molecule has 0 unspecified atom stereocenters. The summed E-state index contributed by atoms with van der Waals surface area (Å²) >= 11 is 6.30. The molecule has 0 fully saturated rings. The van der Waals surface area contributed by atoms with Crippen molar-refractivity contribution in [3.63, 3.8) is 0 Å². The van der Waals surface area contributed by atoms with Gasteiger partial charge in [0, 0.05) is 29.8 Å². The van der Waals surface area contributed by atoms with Gasteiger partial charge in [-0.05, 0) is 38.1 Å². The van der Waals surface area contributed by atoms with Crippen LogP contribution in [0, 0.1) is 0 Å². The van der Waals surface area contributed by atoms with Gasteiger partial charge in [0.2, 0.25) is 5.82 Å². The van der Waals surface area contributed by atoms with Crippen molar-refractivity contribution >= 4 is 24.0 Å². The van der Waals surface area contributed by atoms with E-state index in [0.29, 0.717) is 29.1 Å². The van der Waals surface area contributed by atoms with Gasteiger partial charge in [-0.1, -0.05) is 28.9 Å². The smallest absolute Gasteiger partial charge is 0.258 e. The Morgan fingerprint density at radius 2 is 1.96 bits per heavy atom. The summed E-state index contributed by atoms with van der Waals surface area (Å²) in [5.74, 6) is 2.39. The van der Waals surface area contributed by atoms with Gasteiger partial charge in [-0.3, -0.25) is 0 Å². The summed E-state index contributed by atoms with van der Waals surface area (Å²) in [6, 6.07) is 11.4. The van der Waals surface area contributed by atoms with Gasteiger partial charge in [0.25, 0.3) is 5.89 Å². The first-order valence-corrected chi connectivity index (χ1v) is 9.25. The number of hydrogen-bond donors (Lipinski definition) is 1. The van der Waals surface area contributed by atoms with Crippen molar-refractivity contribution in [2.24, 2.45) is 0 Å². The van der Waals surface area contributed by atoms with Gasteiger partial charge in [0.1, 0.15) is 18.1 Å². The van der Waals surface area contributed by atoms with Gasteiger partial charge < -0.3 is 19.3 Å². The molecule has 1 aromatic heterocycles. The standard InChI is InChI=1S/C20H20ClN3O3.ClH/c1-12(2)26-17-6-5-14(9-16(17)21)20-23-19(24-27-20)13-3-4-15-11-22-7-8-25-18(15)10-13;/h3-6,9-10,12,22H,7-8,11H2,1-2H3;1H. The number of fused-ring (bicyclic) bond motifs is 1. The molecule has 6 nitrogen and oxygen atoms in total. The SMILES string of the molecule is CC(C)Oc1ccc(-c2nc(-c3ccc4c(c3)OCCNC4)no2)cc1Cl.Cl. The second-order valence-corrected chi connectivity index (χ2v) is 6.99. The maximum Gasteiger partial charge on any atom is 0.258 e. The Balaban J connectivity index is 0.00000225. The van der Waals surface area contributed by atoms with Crippen LogP contribution in [0.3, 0.4) is 0 Å². The highest BCUT2D eigenvalue weighted by Crippen LogP contribution is 2.32. The summed E-state index contributed by atoms with van der Waals surface area (Å²) < 4.78 is 16.9. The molecule has 0 saturated carbocycles. The highest BCUT2D eigenvalue weighted by Gasteiger charge is 2.16. The largest absolute Gasteiger partial charge is 0.492 e. The molecule has 2 heterocycles. The normalized spacial score (nSPS) is 13.3. The molecule has 3 aromatic rings. The number of ether oxygens (including phenoxy) is 2. The Morgan fingerprint density at radius 3 is 2.75 bits per heavy atom. The van der Waals surface area contributed by atoms with Crippen molar-refractivity contribution in [3.05, 3.63) is 47.0 Å². The van der Waals surface area contributed by atoms with E-state index in [1.807, 2.05) is 44.2 Å². The van der Waals surface area contributed by atoms with Gasteiger partial charge in [0.15, 0.2) is 0 Å². The van der Waals surface area contributed by atoms with Crippen LogP contribution in [0.2, 0.25) is 5.02 Å². The number of hydrogen-bond acceptors (Lipinski definition) is 6. The van der Waals surface area contributed by atoms with Crippen LogP contribution in [-0.2, 0) is 6.54 Å². The van der Waals surface area contributed by atoms with E-state index in [2.05, 4.69) is 15.5 Å². The van der Waals surface area contributed by atoms with E-state index in [0.717, 1.165) is 35.5 Å². The second kappa shape index (κ2) is 8.82. The first-order valence-electron chi connectivity index (χ1n) is 8.87. The average molecular weight is 422 g/mol. The quantitative estimate of drug-likeness (QED) is 0.655. The summed E-state index contributed by atoms with van der Waals surface area (Å²) in [5.41, 5.74) is 2.70. The number of benzene rings is 2. The summed E-state index contributed by atoms with van der Waals surface area (Å²) in [7, 11) is 0. The molecule has 2 aromatic carbocycles. The fraction of sp³-hybridized carbons (Fsp3) is 0.300. The van der Waals surface area contributed by atoms with E-state index >= 15 is 0 Å². The lowest BCUT2D eigenvalue weighted by Crippen LogP contribution is -2.16. The third-order valence-corrected chi connectivity index (χ3v) is 4.44. The predicted octanol–water partition coefficient (Wildman–Crippen LogP) is 4.75. The Morgan fingerprint density at radius 1 is 1.14 bits per heavy atom. The van der Waals surface area contributed by atoms with E-state index in [4.69, 9.17) is 25.6 Å². The lowest BCUT2D eigenvalue weighted by molar-refractivity contribution is 0.242. The fourth-order valence-electron chi connectivity index (χ4n) is 2.87. The Hall–Kier alpha value is -2.28. The van der Waals surface area contributed by atoms with Crippen LogP contribution < -0.4 is 14.8 Å². The minimum atomic E-state index is 0. The minimum absolute atomic E-state index is 0. The van der Waals surface area contributed by atoms with Crippen LogP contribution in [0.1, 0.15) is 19.4 Å². The van der Waals surface area contributed by atoms with Crippen LogP contribution in [0.4, 0.5) is 0 Å². The molecular formula is C20H21Cl2N3O3. The van der Waals surface area contributed by atoms with Gasteiger partial charge >= 0.3 is 0 Å². The molecule has 148 valence electrons. The molecule has 0 spiro atoms. The van der Waals surface area contributed by atoms with Crippen LogP contribution >= 0.6 is 24.0 Å². The lowest BCUT2D eigenvalue weighted by atomic mass is 10.1. The molecule has 1 N–H and O–H groups in total. The van der Waals surface area contributed by atoms with E-state index in [1.54, 1.807) is 6.07 Å². The number of nitrogens with zero attached hydrogens (tertiary/aromatic N) is 2. The summed E-state index contributed by atoms with van der Waals surface area (Å²) in [5, 5.41) is 7.92. The molecule has 0 amide bonds. The Bertz CT molecular complexity index is 960. The highest BCUT2D eigenvalue weighted by molar-refractivity contribution is 6.32. The molecule has 4 rings (SSSR count). The highest BCUT2D eigenvalue weighted by atomic mass is 35.5. The molecule has 0 radical (unpaired) electrons. The topological polar surface area (TPSA) is 69.4 Å². The van der Waals surface area contributed by atoms with E-state index in [1.165, 1.54) is 0 Å². The first kappa shape index (κ1) is 20.5.